The predicted octanol–water partition coefficient (Wildman–Crippen LogP) is 2.38. The maximum Gasteiger partial charge on any atom is 0.341 e. The molecule has 154 valence electrons. The third kappa shape index (κ3) is 6.19. The second kappa shape index (κ2) is 10.6. The standard InChI is InChI=1S/C19H27N3O6/c1-13(18(24)21-14-6-4-2-3-5-7-14)28-19(25)16-12-15(22(26)27)8-9-17(16)20-10-11-23/h8-9,12-14,20,23H,2-7,10-11H2,1H3,(H,21,24)/t13-/m1/s1. The number of hydrogen-bond donors (Lipinski definition) is 3. The number of nitrogens with zero attached hydrogens (tertiary/aromatic N) is 1. The van der Waals surface area contributed by atoms with Crippen molar-refractivity contribution in [2.45, 2.75) is 57.6 Å². The number of ether oxygens (including phenoxy) is 1. The number of carbonyl (C=O) groups is 2. The maximum atomic E-state index is 12.5. The monoisotopic (exact) mass is 393 g/mol. The molecule has 3 N–H and O–H groups in total. The third-order valence-corrected chi connectivity index (χ3v) is 4.72. The molecule has 0 saturated heterocycles. The van der Waals surface area contributed by atoms with E-state index in [0.717, 1.165) is 44.6 Å². The zero-order chi connectivity index (χ0) is 20.5. The number of aliphatic hydroxyl groups excluding tert-OH is 1. The molecule has 28 heavy (non-hydrogen) atoms. The number of anilines is 1. The Kier molecular flexibility index (Phi) is 8.19. The highest BCUT2D eigenvalue weighted by Crippen LogP contribution is 2.23. The van der Waals surface area contributed by atoms with Gasteiger partial charge in [-0.25, -0.2) is 4.79 Å². The lowest BCUT2D eigenvalue weighted by Gasteiger charge is -2.20. The summed E-state index contributed by atoms with van der Waals surface area (Å²) >= 11 is 0. The van der Waals surface area contributed by atoms with Crippen LogP contribution in [0.4, 0.5) is 11.4 Å². The lowest BCUT2D eigenvalue weighted by atomic mass is 10.1. The molecular formula is C19H27N3O6. The Balaban J connectivity index is 2.05. The summed E-state index contributed by atoms with van der Waals surface area (Å²) in [6.45, 7) is 1.46. The molecule has 0 heterocycles. The third-order valence-electron chi connectivity index (χ3n) is 4.72. The summed E-state index contributed by atoms with van der Waals surface area (Å²) in [7, 11) is 0. The van der Waals surface area contributed by atoms with Crippen molar-refractivity contribution in [2.24, 2.45) is 0 Å². The van der Waals surface area contributed by atoms with Crippen LogP contribution >= 0.6 is 0 Å². The minimum absolute atomic E-state index is 0.0585. The van der Waals surface area contributed by atoms with Crippen molar-refractivity contribution in [2.75, 3.05) is 18.5 Å². The van der Waals surface area contributed by atoms with Gasteiger partial charge in [0, 0.05) is 30.4 Å². The number of aliphatic hydroxyl groups is 1. The second-order valence-electron chi connectivity index (χ2n) is 6.88. The summed E-state index contributed by atoms with van der Waals surface area (Å²) < 4.78 is 5.25. The fourth-order valence-corrected chi connectivity index (χ4v) is 3.18. The number of rotatable bonds is 8. The van der Waals surface area contributed by atoms with E-state index in [1.54, 1.807) is 0 Å². The molecule has 0 bridgehead atoms. The number of hydrogen-bond acceptors (Lipinski definition) is 7. The van der Waals surface area contributed by atoms with E-state index in [1.165, 1.54) is 19.1 Å². The normalized spacial score (nSPS) is 15.9. The number of non-ortho nitro benzene ring substituents is 1. The Hall–Kier alpha value is -2.68. The molecule has 0 aromatic heterocycles. The summed E-state index contributed by atoms with van der Waals surface area (Å²) in [6, 6.07) is 3.80. The first kappa shape index (κ1) is 21.6. The first-order valence-corrected chi connectivity index (χ1v) is 9.57. The van der Waals surface area contributed by atoms with E-state index in [1.807, 2.05) is 0 Å². The summed E-state index contributed by atoms with van der Waals surface area (Å²) in [5, 5.41) is 25.7. The Bertz CT molecular complexity index is 701. The van der Waals surface area contributed by atoms with Crippen molar-refractivity contribution in [3.05, 3.63) is 33.9 Å². The van der Waals surface area contributed by atoms with Gasteiger partial charge in [0.05, 0.1) is 17.1 Å². The Labute approximate surface area is 163 Å². The second-order valence-corrected chi connectivity index (χ2v) is 6.88. The van der Waals surface area contributed by atoms with E-state index in [-0.39, 0.29) is 36.4 Å². The van der Waals surface area contributed by atoms with E-state index in [2.05, 4.69) is 10.6 Å². The van der Waals surface area contributed by atoms with Gasteiger partial charge < -0.3 is 20.5 Å². The SMILES string of the molecule is C[C@@H](OC(=O)c1cc([N+](=O)[O-])ccc1NCCO)C(=O)NC1CCCCCC1. The quantitative estimate of drug-likeness (QED) is 0.267. The lowest BCUT2D eigenvalue weighted by Crippen LogP contribution is -2.41. The van der Waals surface area contributed by atoms with Crippen LogP contribution in [0.1, 0.15) is 55.8 Å². The summed E-state index contributed by atoms with van der Waals surface area (Å²) in [6.07, 6.45) is 5.24. The van der Waals surface area contributed by atoms with Gasteiger partial charge in [0.1, 0.15) is 0 Å². The van der Waals surface area contributed by atoms with Crippen molar-refractivity contribution in [3.63, 3.8) is 0 Å². The number of nitro groups is 1. The number of nitrogens with one attached hydrogen (secondary N) is 2. The number of nitro benzene ring substituents is 1. The van der Waals surface area contributed by atoms with Crippen LogP contribution in [0.5, 0.6) is 0 Å². The molecule has 1 aromatic rings. The zero-order valence-electron chi connectivity index (χ0n) is 16.0. The van der Waals surface area contributed by atoms with Gasteiger partial charge in [-0.3, -0.25) is 14.9 Å². The fraction of sp³-hybridized carbons (Fsp3) is 0.579. The highest BCUT2D eigenvalue weighted by Gasteiger charge is 2.25. The van der Waals surface area contributed by atoms with Crippen LogP contribution in [0.25, 0.3) is 0 Å². The molecule has 1 atom stereocenters. The van der Waals surface area contributed by atoms with Crippen molar-refractivity contribution in [1.29, 1.82) is 0 Å². The minimum atomic E-state index is -1.03. The molecule has 0 spiro atoms. The number of amides is 1. The van der Waals surface area contributed by atoms with Gasteiger partial charge in [-0.1, -0.05) is 25.7 Å². The van der Waals surface area contributed by atoms with Crippen LogP contribution in [0.15, 0.2) is 18.2 Å². The molecule has 1 amide bonds. The molecule has 1 aliphatic rings. The predicted molar refractivity (Wildman–Crippen MR) is 103 cm³/mol. The molecular weight excluding hydrogens is 366 g/mol. The van der Waals surface area contributed by atoms with Gasteiger partial charge in [0.25, 0.3) is 11.6 Å². The average Bonchev–Trinajstić information content (AvgIpc) is 2.94. The minimum Gasteiger partial charge on any atom is -0.449 e. The Morgan fingerprint density at radius 2 is 1.96 bits per heavy atom. The highest BCUT2D eigenvalue weighted by molar-refractivity contribution is 5.98. The number of carbonyl (C=O) groups excluding carboxylic acids is 2. The van der Waals surface area contributed by atoms with Gasteiger partial charge in [0.2, 0.25) is 0 Å². The van der Waals surface area contributed by atoms with Crippen LogP contribution in [-0.4, -0.2) is 47.2 Å². The van der Waals surface area contributed by atoms with Crippen LogP contribution < -0.4 is 10.6 Å². The van der Waals surface area contributed by atoms with Gasteiger partial charge in [-0.2, -0.15) is 0 Å². The Morgan fingerprint density at radius 3 is 2.57 bits per heavy atom. The van der Waals surface area contributed by atoms with Crippen molar-refractivity contribution in [3.8, 4) is 0 Å². The molecule has 0 radical (unpaired) electrons. The molecule has 0 unspecified atom stereocenters. The fourth-order valence-electron chi connectivity index (χ4n) is 3.18. The molecule has 9 nitrogen and oxygen atoms in total. The number of benzene rings is 1. The Morgan fingerprint density at radius 1 is 1.29 bits per heavy atom. The number of esters is 1. The summed E-state index contributed by atoms with van der Waals surface area (Å²) in [5.74, 6) is -1.22. The summed E-state index contributed by atoms with van der Waals surface area (Å²) in [4.78, 5) is 35.3. The first-order valence-electron chi connectivity index (χ1n) is 9.57. The molecule has 1 aliphatic carbocycles. The topological polar surface area (TPSA) is 131 Å². The van der Waals surface area contributed by atoms with E-state index in [4.69, 9.17) is 9.84 Å². The molecule has 1 aromatic carbocycles. The van der Waals surface area contributed by atoms with Crippen LogP contribution in [0.3, 0.4) is 0 Å². The lowest BCUT2D eigenvalue weighted by molar-refractivity contribution is -0.384. The van der Waals surface area contributed by atoms with Gasteiger partial charge in [-0.05, 0) is 25.8 Å². The van der Waals surface area contributed by atoms with Crippen LogP contribution in [0, 0.1) is 10.1 Å². The van der Waals surface area contributed by atoms with E-state index >= 15 is 0 Å². The molecule has 0 aliphatic heterocycles. The zero-order valence-corrected chi connectivity index (χ0v) is 16.0. The highest BCUT2D eigenvalue weighted by atomic mass is 16.6. The van der Waals surface area contributed by atoms with E-state index in [0.29, 0.717) is 5.69 Å². The molecule has 1 saturated carbocycles. The van der Waals surface area contributed by atoms with E-state index < -0.39 is 17.0 Å². The molecule has 2 rings (SSSR count). The van der Waals surface area contributed by atoms with Crippen LogP contribution in [-0.2, 0) is 9.53 Å². The maximum absolute atomic E-state index is 12.5. The largest absolute Gasteiger partial charge is 0.449 e. The van der Waals surface area contributed by atoms with Crippen molar-refractivity contribution >= 4 is 23.3 Å². The van der Waals surface area contributed by atoms with Crippen molar-refractivity contribution < 1.29 is 24.4 Å². The van der Waals surface area contributed by atoms with Gasteiger partial charge in [0.15, 0.2) is 6.10 Å². The van der Waals surface area contributed by atoms with Crippen LogP contribution in [0.2, 0.25) is 0 Å². The molecule has 1 fully saturated rings. The van der Waals surface area contributed by atoms with Crippen molar-refractivity contribution in [1.82, 2.24) is 5.32 Å². The first-order chi connectivity index (χ1) is 13.4. The average molecular weight is 393 g/mol. The van der Waals surface area contributed by atoms with E-state index in [9.17, 15) is 19.7 Å². The van der Waals surface area contributed by atoms with Gasteiger partial charge >= 0.3 is 5.97 Å². The summed E-state index contributed by atoms with van der Waals surface area (Å²) in [5.41, 5.74) is -0.0325. The molecule has 9 heteroatoms. The van der Waals surface area contributed by atoms with Gasteiger partial charge in [-0.15, -0.1) is 0 Å². The smallest absolute Gasteiger partial charge is 0.341 e.